The number of piperidine rings is 1. The second-order valence-corrected chi connectivity index (χ2v) is 5.61. The summed E-state index contributed by atoms with van der Waals surface area (Å²) in [6.45, 7) is 7.37. The molecule has 0 spiro atoms. The number of nitrogens with zero attached hydrogens (tertiary/aromatic N) is 1. The molecule has 1 aliphatic heterocycles. The highest BCUT2D eigenvalue weighted by Gasteiger charge is 2.32. The van der Waals surface area contributed by atoms with E-state index in [4.69, 9.17) is 0 Å². The molecule has 17 heavy (non-hydrogen) atoms. The van der Waals surface area contributed by atoms with Crippen LogP contribution >= 0.6 is 0 Å². The van der Waals surface area contributed by atoms with E-state index in [2.05, 4.69) is 24.1 Å². The Bertz CT molecular complexity index is 263. The van der Waals surface area contributed by atoms with Crippen LogP contribution in [0.15, 0.2) is 0 Å². The highest BCUT2D eigenvalue weighted by atomic mass is 16.2. The van der Waals surface area contributed by atoms with Crippen LogP contribution in [0.2, 0.25) is 0 Å². The molecular weight excluding hydrogens is 212 g/mol. The van der Waals surface area contributed by atoms with Crippen molar-refractivity contribution in [2.45, 2.75) is 52.0 Å². The molecule has 0 radical (unpaired) electrons. The third kappa shape index (κ3) is 3.44. The van der Waals surface area contributed by atoms with Crippen LogP contribution in [0, 0.1) is 11.8 Å². The first-order valence-corrected chi connectivity index (χ1v) is 7.25. The molecule has 1 saturated heterocycles. The summed E-state index contributed by atoms with van der Waals surface area (Å²) in [4.78, 5) is 14.2. The zero-order valence-electron chi connectivity index (χ0n) is 11.2. The van der Waals surface area contributed by atoms with Crippen molar-refractivity contribution in [3.05, 3.63) is 0 Å². The van der Waals surface area contributed by atoms with E-state index < -0.39 is 0 Å². The molecule has 1 amide bonds. The number of hydrogen-bond donors (Lipinski definition) is 1. The summed E-state index contributed by atoms with van der Waals surface area (Å²) < 4.78 is 0. The normalized spacial score (nSPS) is 29.4. The first-order valence-electron chi connectivity index (χ1n) is 7.25. The van der Waals surface area contributed by atoms with Crippen LogP contribution in [0.25, 0.3) is 0 Å². The van der Waals surface area contributed by atoms with E-state index in [1.54, 1.807) is 0 Å². The van der Waals surface area contributed by atoms with Gasteiger partial charge in [0, 0.05) is 25.6 Å². The summed E-state index contributed by atoms with van der Waals surface area (Å²) in [6.07, 6.45) is 5.66. The molecular formula is C14H26N2O. The lowest BCUT2D eigenvalue weighted by Crippen LogP contribution is -2.50. The maximum atomic E-state index is 12.1. The molecule has 2 aliphatic rings. The van der Waals surface area contributed by atoms with Crippen molar-refractivity contribution in [1.82, 2.24) is 10.2 Å². The summed E-state index contributed by atoms with van der Waals surface area (Å²) in [6, 6.07) is 0.620. The van der Waals surface area contributed by atoms with E-state index in [0.717, 1.165) is 32.5 Å². The average molecular weight is 238 g/mol. The Hall–Kier alpha value is -0.570. The zero-order valence-corrected chi connectivity index (χ0v) is 11.2. The van der Waals surface area contributed by atoms with Crippen LogP contribution in [0.5, 0.6) is 0 Å². The summed E-state index contributed by atoms with van der Waals surface area (Å²) in [5, 5.41) is 3.56. The van der Waals surface area contributed by atoms with Crippen LogP contribution < -0.4 is 5.32 Å². The highest BCUT2D eigenvalue weighted by molar-refractivity contribution is 5.76. The molecule has 1 aliphatic carbocycles. The molecule has 0 aromatic heterocycles. The molecule has 2 fully saturated rings. The molecule has 3 nitrogen and oxygen atoms in total. The van der Waals surface area contributed by atoms with Crippen LogP contribution in [0.1, 0.15) is 46.0 Å². The quantitative estimate of drug-likeness (QED) is 0.795. The molecule has 0 aromatic rings. The smallest absolute Gasteiger partial charge is 0.222 e. The monoisotopic (exact) mass is 238 g/mol. The summed E-state index contributed by atoms with van der Waals surface area (Å²) in [5.74, 6) is 1.77. The molecule has 98 valence electrons. The Morgan fingerprint density at radius 1 is 1.29 bits per heavy atom. The van der Waals surface area contributed by atoms with Gasteiger partial charge in [-0.25, -0.2) is 0 Å². The second-order valence-electron chi connectivity index (χ2n) is 5.61. The van der Waals surface area contributed by atoms with Gasteiger partial charge in [0.25, 0.3) is 0 Å². The van der Waals surface area contributed by atoms with Gasteiger partial charge in [-0.05, 0) is 37.6 Å². The molecule has 1 saturated carbocycles. The number of carbonyl (C=O) groups excluding carboxylic acids is 1. The summed E-state index contributed by atoms with van der Waals surface area (Å²) >= 11 is 0. The molecule has 2 atom stereocenters. The molecule has 2 unspecified atom stereocenters. The minimum absolute atomic E-state index is 0.404. The lowest BCUT2D eigenvalue weighted by molar-refractivity contribution is -0.133. The standard InChI is InChI=1S/C14H26N2O/c1-3-12-10-16(8-7-13(12)15-4-2)14(17)9-11-5-6-11/h11-13,15H,3-10H2,1-2H3. The maximum absolute atomic E-state index is 12.1. The topological polar surface area (TPSA) is 32.3 Å². The zero-order chi connectivity index (χ0) is 12.3. The lowest BCUT2D eigenvalue weighted by Gasteiger charge is -2.38. The number of amides is 1. The Balaban J connectivity index is 1.83. The Morgan fingerprint density at radius 2 is 2.06 bits per heavy atom. The second kappa shape index (κ2) is 5.85. The van der Waals surface area contributed by atoms with E-state index in [9.17, 15) is 4.79 Å². The van der Waals surface area contributed by atoms with Crippen molar-refractivity contribution in [2.75, 3.05) is 19.6 Å². The largest absolute Gasteiger partial charge is 0.342 e. The Labute approximate surface area is 105 Å². The highest BCUT2D eigenvalue weighted by Crippen LogP contribution is 2.33. The molecule has 1 heterocycles. The fraction of sp³-hybridized carbons (Fsp3) is 0.929. The number of rotatable bonds is 5. The molecule has 0 bridgehead atoms. The predicted molar refractivity (Wildman–Crippen MR) is 69.8 cm³/mol. The van der Waals surface area contributed by atoms with Crippen molar-refractivity contribution >= 4 is 5.91 Å². The number of likely N-dealkylation sites (tertiary alicyclic amines) is 1. The van der Waals surface area contributed by atoms with Gasteiger partial charge >= 0.3 is 0 Å². The fourth-order valence-corrected chi connectivity index (χ4v) is 2.90. The van der Waals surface area contributed by atoms with Gasteiger partial charge in [-0.15, -0.1) is 0 Å². The Kier molecular flexibility index (Phi) is 4.43. The van der Waals surface area contributed by atoms with Gasteiger partial charge in [0.1, 0.15) is 0 Å². The van der Waals surface area contributed by atoms with E-state index in [1.165, 1.54) is 19.3 Å². The van der Waals surface area contributed by atoms with Crippen LogP contribution in [-0.4, -0.2) is 36.5 Å². The van der Waals surface area contributed by atoms with Gasteiger partial charge in [-0.2, -0.15) is 0 Å². The van der Waals surface area contributed by atoms with Gasteiger partial charge in [0.2, 0.25) is 5.91 Å². The number of hydrogen-bond acceptors (Lipinski definition) is 2. The SMILES string of the molecule is CCNC1CCN(C(=O)CC2CC2)CC1CC. The maximum Gasteiger partial charge on any atom is 0.222 e. The van der Waals surface area contributed by atoms with Gasteiger partial charge in [-0.1, -0.05) is 20.3 Å². The van der Waals surface area contributed by atoms with E-state index >= 15 is 0 Å². The van der Waals surface area contributed by atoms with Crippen molar-refractivity contribution in [3.8, 4) is 0 Å². The minimum Gasteiger partial charge on any atom is -0.342 e. The third-order valence-corrected chi connectivity index (χ3v) is 4.24. The van der Waals surface area contributed by atoms with Crippen LogP contribution in [0.4, 0.5) is 0 Å². The Morgan fingerprint density at radius 3 is 2.65 bits per heavy atom. The van der Waals surface area contributed by atoms with Crippen molar-refractivity contribution in [2.24, 2.45) is 11.8 Å². The van der Waals surface area contributed by atoms with E-state index in [0.29, 0.717) is 23.8 Å². The first kappa shape index (κ1) is 12.9. The first-order chi connectivity index (χ1) is 8.24. The molecule has 3 heteroatoms. The van der Waals surface area contributed by atoms with Crippen LogP contribution in [0.3, 0.4) is 0 Å². The average Bonchev–Trinajstić information content (AvgIpc) is 3.13. The molecule has 2 rings (SSSR count). The molecule has 0 aromatic carbocycles. The van der Waals surface area contributed by atoms with E-state index in [1.807, 2.05) is 0 Å². The van der Waals surface area contributed by atoms with Crippen LogP contribution in [-0.2, 0) is 4.79 Å². The van der Waals surface area contributed by atoms with Gasteiger partial charge in [0.15, 0.2) is 0 Å². The molecule has 1 N–H and O–H groups in total. The number of carbonyl (C=O) groups is 1. The summed E-state index contributed by atoms with van der Waals surface area (Å²) in [5.41, 5.74) is 0. The number of nitrogens with one attached hydrogen (secondary N) is 1. The lowest BCUT2D eigenvalue weighted by atomic mass is 9.89. The summed E-state index contributed by atoms with van der Waals surface area (Å²) in [7, 11) is 0. The predicted octanol–water partition coefficient (Wildman–Crippen LogP) is 2.02. The third-order valence-electron chi connectivity index (χ3n) is 4.24. The van der Waals surface area contributed by atoms with Crippen molar-refractivity contribution in [1.29, 1.82) is 0 Å². The minimum atomic E-state index is 0.404. The van der Waals surface area contributed by atoms with E-state index in [-0.39, 0.29) is 0 Å². The van der Waals surface area contributed by atoms with Gasteiger partial charge < -0.3 is 10.2 Å². The van der Waals surface area contributed by atoms with Gasteiger partial charge in [-0.3, -0.25) is 4.79 Å². The van der Waals surface area contributed by atoms with Gasteiger partial charge in [0.05, 0.1) is 0 Å². The van der Waals surface area contributed by atoms with Crippen molar-refractivity contribution in [3.63, 3.8) is 0 Å². The van der Waals surface area contributed by atoms with Crippen molar-refractivity contribution < 1.29 is 4.79 Å². The fourth-order valence-electron chi connectivity index (χ4n) is 2.90.